The summed E-state index contributed by atoms with van der Waals surface area (Å²) in [5, 5.41) is 12.2. The number of rotatable bonds is 4. The first-order valence-corrected chi connectivity index (χ1v) is 5.29. The quantitative estimate of drug-likeness (QED) is 0.808. The Morgan fingerprint density at radius 2 is 1.94 bits per heavy atom. The fourth-order valence-electron chi connectivity index (χ4n) is 1.23. The van der Waals surface area contributed by atoms with E-state index in [1.807, 2.05) is 13.8 Å². The van der Waals surface area contributed by atoms with Crippen LogP contribution in [0, 0.1) is 0 Å². The maximum atomic E-state index is 11.7. The summed E-state index contributed by atoms with van der Waals surface area (Å²) < 4.78 is 0. The summed E-state index contributed by atoms with van der Waals surface area (Å²) in [5.74, 6) is 0.198. The molecule has 1 rings (SSSR count). The van der Waals surface area contributed by atoms with Crippen LogP contribution in [-0.4, -0.2) is 30.6 Å². The van der Waals surface area contributed by atoms with Gasteiger partial charge < -0.3 is 15.3 Å². The van der Waals surface area contributed by atoms with Gasteiger partial charge in [0.25, 0.3) is 0 Å². The number of phenols is 1. The highest BCUT2D eigenvalue weighted by Crippen LogP contribution is 2.16. The molecular formula is C12H18N2O2. The van der Waals surface area contributed by atoms with Crippen LogP contribution in [0.4, 0.5) is 5.69 Å². The van der Waals surface area contributed by atoms with Gasteiger partial charge in [0.1, 0.15) is 5.75 Å². The van der Waals surface area contributed by atoms with Crippen LogP contribution >= 0.6 is 0 Å². The van der Waals surface area contributed by atoms with E-state index in [4.69, 9.17) is 5.11 Å². The number of phenolic OH excluding ortho intramolecular Hbond substituents is 1. The number of aromatic hydroxyl groups is 1. The zero-order valence-electron chi connectivity index (χ0n) is 9.90. The molecule has 0 heterocycles. The topological polar surface area (TPSA) is 52.6 Å². The fourth-order valence-corrected chi connectivity index (χ4v) is 1.23. The van der Waals surface area contributed by atoms with Crippen LogP contribution in [0.15, 0.2) is 24.3 Å². The molecule has 0 saturated heterocycles. The van der Waals surface area contributed by atoms with Crippen LogP contribution in [0.2, 0.25) is 0 Å². The summed E-state index contributed by atoms with van der Waals surface area (Å²) in [4.78, 5) is 13.3. The van der Waals surface area contributed by atoms with E-state index >= 15 is 0 Å². The molecule has 4 nitrogen and oxygen atoms in total. The molecule has 0 fully saturated rings. The molecular weight excluding hydrogens is 204 g/mol. The van der Waals surface area contributed by atoms with E-state index in [0.29, 0.717) is 6.54 Å². The molecule has 16 heavy (non-hydrogen) atoms. The van der Waals surface area contributed by atoms with E-state index in [2.05, 4.69) is 5.32 Å². The van der Waals surface area contributed by atoms with Gasteiger partial charge in [0, 0.05) is 18.8 Å². The second kappa shape index (κ2) is 5.51. The van der Waals surface area contributed by atoms with Crippen molar-refractivity contribution in [2.45, 2.75) is 19.9 Å². The molecule has 4 heteroatoms. The molecule has 0 unspecified atom stereocenters. The molecule has 0 bridgehead atoms. The van der Waals surface area contributed by atoms with Gasteiger partial charge in [0.15, 0.2) is 0 Å². The third-order valence-corrected chi connectivity index (χ3v) is 2.27. The maximum absolute atomic E-state index is 11.7. The third kappa shape index (κ3) is 3.55. The average molecular weight is 222 g/mol. The predicted molar refractivity (Wildman–Crippen MR) is 64.7 cm³/mol. The SMILES string of the molecule is CC(C)NCC(=O)N(C)c1ccc(O)cc1. The molecule has 0 saturated carbocycles. The molecule has 0 radical (unpaired) electrons. The van der Waals surface area contributed by atoms with E-state index in [1.54, 1.807) is 36.2 Å². The van der Waals surface area contributed by atoms with Gasteiger partial charge in [-0.25, -0.2) is 0 Å². The monoisotopic (exact) mass is 222 g/mol. The molecule has 2 N–H and O–H groups in total. The molecule has 1 aromatic carbocycles. The Morgan fingerprint density at radius 1 is 1.38 bits per heavy atom. The second-order valence-electron chi connectivity index (χ2n) is 4.00. The van der Waals surface area contributed by atoms with Gasteiger partial charge in [-0.1, -0.05) is 13.8 Å². The van der Waals surface area contributed by atoms with Gasteiger partial charge in [-0.2, -0.15) is 0 Å². The van der Waals surface area contributed by atoms with Gasteiger partial charge in [-0.05, 0) is 24.3 Å². The third-order valence-electron chi connectivity index (χ3n) is 2.27. The highest BCUT2D eigenvalue weighted by molar-refractivity contribution is 5.94. The normalized spacial score (nSPS) is 10.5. The van der Waals surface area contributed by atoms with Crippen molar-refractivity contribution in [3.05, 3.63) is 24.3 Å². The number of anilines is 1. The van der Waals surface area contributed by atoms with Crippen LogP contribution in [0.5, 0.6) is 5.75 Å². The number of nitrogens with one attached hydrogen (secondary N) is 1. The summed E-state index contributed by atoms with van der Waals surface area (Å²) in [6.45, 7) is 4.30. The van der Waals surface area contributed by atoms with Crippen LogP contribution in [0.1, 0.15) is 13.8 Å². The lowest BCUT2D eigenvalue weighted by molar-refractivity contribution is -0.117. The Balaban J connectivity index is 2.59. The summed E-state index contributed by atoms with van der Waals surface area (Å²) >= 11 is 0. The summed E-state index contributed by atoms with van der Waals surface area (Å²) in [6.07, 6.45) is 0. The largest absolute Gasteiger partial charge is 0.508 e. The van der Waals surface area contributed by atoms with Crippen molar-refractivity contribution in [1.82, 2.24) is 5.32 Å². The highest BCUT2D eigenvalue weighted by Gasteiger charge is 2.10. The van der Waals surface area contributed by atoms with E-state index < -0.39 is 0 Å². The highest BCUT2D eigenvalue weighted by atomic mass is 16.3. The Kier molecular flexibility index (Phi) is 4.31. The van der Waals surface area contributed by atoms with Crippen molar-refractivity contribution in [3.63, 3.8) is 0 Å². The van der Waals surface area contributed by atoms with Gasteiger partial charge in [-0.15, -0.1) is 0 Å². The van der Waals surface area contributed by atoms with Gasteiger partial charge in [0.05, 0.1) is 6.54 Å². The van der Waals surface area contributed by atoms with Crippen LogP contribution < -0.4 is 10.2 Å². The molecule has 0 aliphatic carbocycles. The number of likely N-dealkylation sites (N-methyl/N-ethyl adjacent to an activating group) is 1. The number of carbonyl (C=O) groups excluding carboxylic acids is 1. The van der Waals surface area contributed by atoms with E-state index in [9.17, 15) is 4.79 Å². The van der Waals surface area contributed by atoms with Crippen molar-refractivity contribution in [3.8, 4) is 5.75 Å². The van der Waals surface area contributed by atoms with Crippen molar-refractivity contribution < 1.29 is 9.90 Å². The molecule has 1 aromatic rings. The number of hydrogen-bond donors (Lipinski definition) is 2. The lowest BCUT2D eigenvalue weighted by Gasteiger charge is -2.18. The molecule has 88 valence electrons. The number of carbonyl (C=O) groups is 1. The average Bonchev–Trinajstić information content (AvgIpc) is 2.26. The second-order valence-corrected chi connectivity index (χ2v) is 4.00. The molecule has 1 amide bonds. The number of hydrogen-bond acceptors (Lipinski definition) is 3. The van der Waals surface area contributed by atoms with Crippen molar-refractivity contribution in [2.24, 2.45) is 0 Å². The van der Waals surface area contributed by atoms with Gasteiger partial charge in [0.2, 0.25) is 5.91 Å². The molecule has 0 atom stereocenters. The van der Waals surface area contributed by atoms with Crippen molar-refractivity contribution in [1.29, 1.82) is 0 Å². The standard InChI is InChI=1S/C12H18N2O2/c1-9(2)13-8-12(16)14(3)10-4-6-11(15)7-5-10/h4-7,9,13,15H,8H2,1-3H3. The minimum absolute atomic E-state index is 0.000565. The smallest absolute Gasteiger partial charge is 0.240 e. The van der Waals surface area contributed by atoms with E-state index in [-0.39, 0.29) is 17.7 Å². The minimum Gasteiger partial charge on any atom is -0.508 e. The number of nitrogens with zero attached hydrogens (tertiary/aromatic N) is 1. The molecule has 0 aliphatic rings. The molecule has 0 aromatic heterocycles. The Morgan fingerprint density at radius 3 is 2.44 bits per heavy atom. The van der Waals surface area contributed by atoms with E-state index in [1.165, 1.54) is 0 Å². The summed E-state index contributed by atoms with van der Waals surface area (Å²) in [7, 11) is 1.72. The Hall–Kier alpha value is -1.55. The van der Waals surface area contributed by atoms with Gasteiger partial charge in [-0.3, -0.25) is 4.79 Å². The zero-order valence-corrected chi connectivity index (χ0v) is 9.90. The summed E-state index contributed by atoms with van der Waals surface area (Å²) in [5.41, 5.74) is 0.772. The van der Waals surface area contributed by atoms with Crippen LogP contribution in [0.25, 0.3) is 0 Å². The Labute approximate surface area is 95.9 Å². The fraction of sp³-hybridized carbons (Fsp3) is 0.417. The van der Waals surface area contributed by atoms with Crippen molar-refractivity contribution in [2.75, 3.05) is 18.5 Å². The summed E-state index contributed by atoms with van der Waals surface area (Å²) in [6, 6.07) is 6.84. The molecule has 0 spiro atoms. The first kappa shape index (κ1) is 12.5. The first-order chi connectivity index (χ1) is 7.50. The Bertz CT molecular complexity index is 347. The number of amides is 1. The van der Waals surface area contributed by atoms with Crippen LogP contribution in [-0.2, 0) is 4.79 Å². The van der Waals surface area contributed by atoms with Crippen LogP contribution in [0.3, 0.4) is 0 Å². The predicted octanol–water partition coefficient (Wildman–Crippen LogP) is 1.35. The zero-order chi connectivity index (χ0) is 12.1. The lowest BCUT2D eigenvalue weighted by Crippen LogP contribution is -2.38. The van der Waals surface area contributed by atoms with Crippen molar-refractivity contribution >= 4 is 11.6 Å². The lowest BCUT2D eigenvalue weighted by atomic mass is 10.3. The van der Waals surface area contributed by atoms with Gasteiger partial charge >= 0.3 is 0 Å². The van der Waals surface area contributed by atoms with E-state index in [0.717, 1.165) is 5.69 Å². The first-order valence-electron chi connectivity index (χ1n) is 5.29. The minimum atomic E-state index is -0.000565. The molecule has 0 aliphatic heterocycles. The number of benzene rings is 1. The maximum Gasteiger partial charge on any atom is 0.240 e.